The molecule has 0 aromatic rings. The molecule has 0 fully saturated rings. The molecule has 0 aromatic carbocycles. The number of aliphatic hydroxyl groups is 2. The summed E-state index contributed by atoms with van der Waals surface area (Å²) in [6.45, 7) is 2.76. The predicted molar refractivity (Wildman–Crippen MR) is 58.6 cm³/mol. The summed E-state index contributed by atoms with van der Waals surface area (Å²) in [5, 5.41) is 23.2. The van der Waals surface area contributed by atoms with Crippen molar-refractivity contribution in [1.29, 1.82) is 0 Å². The number of carbonyl (C=O) groups excluding carboxylic acids is 2. The Morgan fingerprint density at radius 2 is 1.81 bits per heavy atom. The first kappa shape index (κ1) is 14.9. The van der Waals surface area contributed by atoms with E-state index in [1.807, 2.05) is 0 Å². The summed E-state index contributed by atoms with van der Waals surface area (Å²) in [7, 11) is 0. The molecule has 94 valence electrons. The molecular formula is C10H20N2O4. The molecule has 0 unspecified atom stereocenters. The zero-order chi connectivity index (χ0) is 12.6. The van der Waals surface area contributed by atoms with Gasteiger partial charge in [-0.2, -0.15) is 0 Å². The van der Waals surface area contributed by atoms with Crippen LogP contribution in [0.1, 0.15) is 26.7 Å². The Kier molecular flexibility index (Phi) is 6.67. The van der Waals surface area contributed by atoms with Crippen LogP contribution in [0.2, 0.25) is 0 Å². The second kappa shape index (κ2) is 7.19. The average Bonchev–Trinajstić information content (AvgIpc) is 2.25. The van der Waals surface area contributed by atoms with Crippen molar-refractivity contribution >= 4 is 11.8 Å². The van der Waals surface area contributed by atoms with Crippen molar-refractivity contribution in [2.45, 2.75) is 32.2 Å². The molecule has 6 nitrogen and oxygen atoms in total. The van der Waals surface area contributed by atoms with E-state index in [0.717, 1.165) is 0 Å². The van der Waals surface area contributed by atoms with Crippen LogP contribution in [0.15, 0.2) is 0 Å². The van der Waals surface area contributed by atoms with Crippen LogP contribution in [-0.4, -0.2) is 47.3 Å². The predicted octanol–water partition coefficient (Wildman–Crippen LogP) is -1.24. The maximum Gasteiger partial charge on any atom is 0.222 e. The van der Waals surface area contributed by atoms with Crippen molar-refractivity contribution < 1.29 is 19.8 Å². The molecule has 0 rings (SSSR count). The molecule has 0 heterocycles. The normalized spacial score (nSPS) is 11.0. The molecular weight excluding hydrogens is 212 g/mol. The van der Waals surface area contributed by atoms with Gasteiger partial charge in [0.1, 0.15) is 0 Å². The van der Waals surface area contributed by atoms with Crippen LogP contribution >= 0.6 is 0 Å². The van der Waals surface area contributed by atoms with E-state index in [1.54, 1.807) is 6.92 Å². The maximum absolute atomic E-state index is 11.4. The van der Waals surface area contributed by atoms with E-state index >= 15 is 0 Å². The molecule has 0 radical (unpaired) electrons. The van der Waals surface area contributed by atoms with E-state index in [2.05, 4.69) is 10.6 Å². The van der Waals surface area contributed by atoms with Crippen LogP contribution in [0, 0.1) is 0 Å². The van der Waals surface area contributed by atoms with Gasteiger partial charge in [-0.15, -0.1) is 0 Å². The van der Waals surface area contributed by atoms with E-state index in [1.165, 1.54) is 6.92 Å². The topological polar surface area (TPSA) is 98.7 Å². The number of hydrogen-bond donors (Lipinski definition) is 4. The zero-order valence-electron chi connectivity index (χ0n) is 9.75. The van der Waals surface area contributed by atoms with Crippen molar-refractivity contribution in [3.8, 4) is 0 Å². The number of amides is 2. The van der Waals surface area contributed by atoms with Crippen LogP contribution in [0.5, 0.6) is 0 Å². The van der Waals surface area contributed by atoms with Gasteiger partial charge in [0.15, 0.2) is 0 Å². The zero-order valence-corrected chi connectivity index (χ0v) is 9.75. The number of rotatable bonds is 7. The smallest absolute Gasteiger partial charge is 0.222 e. The van der Waals surface area contributed by atoms with Gasteiger partial charge in [-0.1, -0.05) is 6.92 Å². The summed E-state index contributed by atoms with van der Waals surface area (Å²) >= 11 is 0. The Morgan fingerprint density at radius 3 is 2.19 bits per heavy atom. The molecule has 0 aliphatic heterocycles. The number of hydrogen-bond acceptors (Lipinski definition) is 4. The Hall–Kier alpha value is -1.14. The van der Waals surface area contributed by atoms with Gasteiger partial charge in [0, 0.05) is 19.9 Å². The first-order chi connectivity index (χ1) is 7.49. The van der Waals surface area contributed by atoms with Gasteiger partial charge < -0.3 is 20.8 Å². The van der Waals surface area contributed by atoms with E-state index < -0.39 is 5.54 Å². The van der Waals surface area contributed by atoms with Crippen molar-refractivity contribution in [1.82, 2.24) is 10.6 Å². The second-order valence-corrected chi connectivity index (χ2v) is 3.73. The van der Waals surface area contributed by atoms with Crippen molar-refractivity contribution in [3.05, 3.63) is 0 Å². The van der Waals surface area contributed by atoms with Gasteiger partial charge in [-0.05, 0) is 6.42 Å². The fourth-order valence-corrected chi connectivity index (χ4v) is 1.15. The van der Waals surface area contributed by atoms with Crippen LogP contribution < -0.4 is 10.6 Å². The van der Waals surface area contributed by atoms with Gasteiger partial charge in [-0.25, -0.2) is 0 Å². The largest absolute Gasteiger partial charge is 0.394 e. The van der Waals surface area contributed by atoms with Crippen molar-refractivity contribution in [2.75, 3.05) is 19.8 Å². The molecule has 0 atom stereocenters. The first-order valence-electron chi connectivity index (χ1n) is 5.27. The molecule has 4 N–H and O–H groups in total. The third-order valence-electron chi connectivity index (χ3n) is 2.41. The standard InChI is InChI=1S/C10H20N2O4/c1-3-10(6-13,7-14)12-9(16)4-5-11-8(2)15/h13-14H,3-7H2,1-2H3,(H,11,15)(H,12,16). The second-order valence-electron chi connectivity index (χ2n) is 3.73. The molecule has 2 amide bonds. The fraction of sp³-hybridized carbons (Fsp3) is 0.800. The highest BCUT2D eigenvalue weighted by Gasteiger charge is 2.28. The van der Waals surface area contributed by atoms with Crippen molar-refractivity contribution in [3.63, 3.8) is 0 Å². The van der Waals surface area contributed by atoms with Crippen LogP contribution in [-0.2, 0) is 9.59 Å². The van der Waals surface area contributed by atoms with E-state index in [9.17, 15) is 9.59 Å². The van der Waals surface area contributed by atoms with Crippen LogP contribution in [0.25, 0.3) is 0 Å². The number of nitrogens with one attached hydrogen (secondary N) is 2. The highest BCUT2D eigenvalue weighted by atomic mass is 16.3. The summed E-state index contributed by atoms with van der Waals surface area (Å²) in [6.07, 6.45) is 0.563. The molecule has 0 saturated heterocycles. The first-order valence-corrected chi connectivity index (χ1v) is 5.27. The number of aliphatic hydroxyl groups excluding tert-OH is 2. The molecule has 16 heavy (non-hydrogen) atoms. The highest BCUT2D eigenvalue weighted by molar-refractivity contribution is 5.78. The lowest BCUT2D eigenvalue weighted by atomic mass is 9.98. The SMILES string of the molecule is CCC(CO)(CO)NC(=O)CCNC(C)=O. The van der Waals surface area contributed by atoms with Gasteiger partial charge in [0.2, 0.25) is 11.8 Å². The Bertz CT molecular complexity index is 231. The minimum atomic E-state index is -0.965. The molecule has 0 aromatic heterocycles. The lowest BCUT2D eigenvalue weighted by Gasteiger charge is -2.29. The molecule has 0 aliphatic rings. The number of carbonyl (C=O) groups is 2. The minimum absolute atomic E-state index is 0.126. The van der Waals surface area contributed by atoms with Crippen molar-refractivity contribution in [2.24, 2.45) is 0 Å². The van der Waals surface area contributed by atoms with Gasteiger partial charge in [0.25, 0.3) is 0 Å². The van der Waals surface area contributed by atoms with Crippen LogP contribution in [0.4, 0.5) is 0 Å². The minimum Gasteiger partial charge on any atom is -0.394 e. The van der Waals surface area contributed by atoms with E-state index in [4.69, 9.17) is 10.2 Å². The summed E-state index contributed by atoms with van der Waals surface area (Å²) in [5.41, 5.74) is -0.965. The Labute approximate surface area is 95.0 Å². The van der Waals surface area contributed by atoms with Gasteiger partial charge in [0.05, 0.1) is 18.8 Å². The molecule has 0 bridgehead atoms. The molecule has 0 aliphatic carbocycles. The van der Waals surface area contributed by atoms with Gasteiger partial charge in [-0.3, -0.25) is 9.59 Å². The monoisotopic (exact) mass is 232 g/mol. The quantitative estimate of drug-likeness (QED) is 0.441. The fourth-order valence-electron chi connectivity index (χ4n) is 1.15. The summed E-state index contributed by atoms with van der Waals surface area (Å²) < 4.78 is 0. The third kappa shape index (κ3) is 5.09. The van der Waals surface area contributed by atoms with E-state index in [-0.39, 0.29) is 38.0 Å². The molecule has 6 heteroatoms. The molecule has 0 spiro atoms. The summed E-state index contributed by atoms with van der Waals surface area (Å²) in [5.74, 6) is -0.502. The molecule has 0 saturated carbocycles. The highest BCUT2D eigenvalue weighted by Crippen LogP contribution is 2.08. The lowest BCUT2D eigenvalue weighted by Crippen LogP contribution is -2.54. The third-order valence-corrected chi connectivity index (χ3v) is 2.41. The summed E-state index contributed by atoms with van der Waals surface area (Å²) in [6, 6.07) is 0. The average molecular weight is 232 g/mol. The lowest BCUT2D eigenvalue weighted by molar-refractivity contribution is -0.124. The van der Waals surface area contributed by atoms with Gasteiger partial charge >= 0.3 is 0 Å². The maximum atomic E-state index is 11.4. The summed E-state index contributed by atoms with van der Waals surface area (Å²) in [4.78, 5) is 22.0. The Balaban J connectivity index is 4.05. The van der Waals surface area contributed by atoms with Crippen LogP contribution in [0.3, 0.4) is 0 Å². The van der Waals surface area contributed by atoms with E-state index in [0.29, 0.717) is 6.42 Å². The Morgan fingerprint density at radius 1 is 1.25 bits per heavy atom.